The van der Waals surface area contributed by atoms with Gasteiger partial charge in [0.2, 0.25) is 11.8 Å². The molecular weight excluding hydrogens is 1050 g/mol. The molecular formula is C51H86N12O17. The normalized spacial score (nSPS) is 26.9. The molecule has 29 nitrogen and oxygen atoms in total. The third-order valence-electron chi connectivity index (χ3n) is 14.9. The van der Waals surface area contributed by atoms with E-state index < -0.39 is 150 Å². The molecule has 1 unspecified atom stereocenters. The van der Waals surface area contributed by atoms with Crippen molar-refractivity contribution in [3.63, 3.8) is 0 Å². The Morgan fingerprint density at radius 2 is 1.51 bits per heavy atom. The second-order valence-corrected chi connectivity index (χ2v) is 21.5. The lowest BCUT2D eigenvalue weighted by Gasteiger charge is -2.36. The first-order chi connectivity index (χ1) is 38.1. The van der Waals surface area contributed by atoms with Gasteiger partial charge in [0.25, 0.3) is 11.5 Å². The van der Waals surface area contributed by atoms with Crippen LogP contribution in [-0.2, 0) is 38.1 Å². The first kappa shape index (κ1) is 65.0. The number of hydrogen-bond donors (Lipinski definition) is 13. The monoisotopic (exact) mass is 1140 g/mol. The summed E-state index contributed by atoms with van der Waals surface area (Å²) >= 11 is 0. The van der Waals surface area contributed by atoms with E-state index in [9.17, 15) is 63.9 Å². The molecule has 4 aliphatic heterocycles. The molecule has 3 fully saturated rings. The number of nitrogens with one attached hydrogen (secondary N) is 6. The zero-order valence-electron chi connectivity index (χ0n) is 46.6. The average Bonchev–Trinajstić information content (AvgIpc) is 4.08. The number of carboxylic acid groups (broad SMARTS) is 1. The van der Waals surface area contributed by atoms with Gasteiger partial charge in [-0.05, 0) is 31.1 Å². The number of aliphatic hydroxyl groups is 4. The van der Waals surface area contributed by atoms with Crippen molar-refractivity contribution in [3.8, 4) is 0 Å². The Bertz CT molecular complexity index is 2380. The zero-order chi connectivity index (χ0) is 59.0. The van der Waals surface area contributed by atoms with Crippen LogP contribution in [-0.4, -0.2) is 212 Å². The molecule has 0 bridgehead atoms. The number of aliphatic imine (C=N–C) groups is 1. The Labute approximate surface area is 464 Å². The van der Waals surface area contributed by atoms with Gasteiger partial charge in [0.05, 0.1) is 12.1 Å². The fraction of sp³-hybridized carbons (Fsp3) is 0.784. The van der Waals surface area contributed by atoms with Gasteiger partial charge in [0.1, 0.15) is 66.9 Å². The van der Waals surface area contributed by atoms with Crippen LogP contribution in [0.25, 0.3) is 0 Å². The minimum absolute atomic E-state index is 0.0234. The number of amides is 7. The van der Waals surface area contributed by atoms with E-state index in [1.54, 1.807) is 27.7 Å². The number of aliphatic carboxylic acids is 1. The van der Waals surface area contributed by atoms with Gasteiger partial charge in [-0.1, -0.05) is 92.4 Å². The van der Waals surface area contributed by atoms with Gasteiger partial charge in [0, 0.05) is 52.1 Å². The molecule has 29 heteroatoms. The maximum absolute atomic E-state index is 14.9. The molecule has 3 saturated heterocycles. The molecule has 1 aromatic heterocycles. The van der Waals surface area contributed by atoms with Crippen LogP contribution in [0.1, 0.15) is 118 Å². The lowest BCUT2D eigenvalue weighted by Crippen LogP contribution is -2.63. The van der Waals surface area contributed by atoms with Gasteiger partial charge < -0.3 is 87.4 Å². The Morgan fingerprint density at radius 1 is 0.850 bits per heavy atom. The molecule has 0 spiro atoms. The van der Waals surface area contributed by atoms with Crippen molar-refractivity contribution in [1.29, 1.82) is 0 Å². The summed E-state index contributed by atoms with van der Waals surface area (Å²) in [4.78, 5) is 117. The molecule has 0 aromatic carbocycles. The van der Waals surface area contributed by atoms with E-state index in [1.165, 1.54) is 20.0 Å². The predicted octanol–water partition coefficient (Wildman–Crippen LogP) is -2.38. The third kappa shape index (κ3) is 16.7. The van der Waals surface area contributed by atoms with Crippen LogP contribution in [0.3, 0.4) is 0 Å². The topological polar surface area (TPSA) is 426 Å². The maximum Gasteiger partial charge on any atom is 0.330 e. The van der Waals surface area contributed by atoms with Crippen molar-refractivity contribution in [1.82, 2.24) is 45.9 Å². The highest BCUT2D eigenvalue weighted by atomic mass is 16.7. The van der Waals surface area contributed by atoms with E-state index in [1.807, 2.05) is 0 Å². The number of aromatic nitrogens is 2. The van der Waals surface area contributed by atoms with Gasteiger partial charge in [-0.15, -0.1) is 0 Å². The third-order valence-corrected chi connectivity index (χ3v) is 14.9. The molecule has 5 heterocycles. The molecule has 15 N–H and O–H groups in total. The second kappa shape index (κ2) is 30.9. The first-order valence-corrected chi connectivity index (χ1v) is 27.9. The van der Waals surface area contributed by atoms with Crippen molar-refractivity contribution in [2.45, 2.75) is 203 Å². The van der Waals surface area contributed by atoms with Crippen molar-refractivity contribution in [2.75, 3.05) is 39.8 Å². The summed E-state index contributed by atoms with van der Waals surface area (Å²) in [7, 11) is 1.26. The summed E-state index contributed by atoms with van der Waals surface area (Å²) in [5.41, 5.74) is 10.1. The number of carbonyl (C=O) groups excluding carboxylic acids is 5. The lowest BCUT2D eigenvalue weighted by atomic mass is 9.97. The fourth-order valence-electron chi connectivity index (χ4n) is 10.3. The molecule has 80 heavy (non-hydrogen) atoms. The number of urea groups is 2. The number of methoxy groups -OCH3 is 1. The number of ether oxygens (including phenoxy) is 4. The second-order valence-electron chi connectivity index (χ2n) is 21.5. The number of H-pyrrole nitrogens is 1. The molecule has 452 valence electrons. The van der Waals surface area contributed by atoms with E-state index in [0.717, 1.165) is 65.2 Å². The van der Waals surface area contributed by atoms with Crippen LogP contribution in [0.2, 0.25) is 0 Å². The summed E-state index contributed by atoms with van der Waals surface area (Å²) < 4.78 is 25.0. The number of rotatable bonds is 32. The van der Waals surface area contributed by atoms with Gasteiger partial charge >= 0.3 is 23.7 Å². The van der Waals surface area contributed by atoms with E-state index >= 15 is 0 Å². The van der Waals surface area contributed by atoms with Crippen LogP contribution >= 0.6 is 0 Å². The summed E-state index contributed by atoms with van der Waals surface area (Å²) in [6.45, 7) is 8.00. The van der Waals surface area contributed by atoms with E-state index in [-0.39, 0.29) is 51.5 Å². The van der Waals surface area contributed by atoms with Crippen molar-refractivity contribution in [3.05, 3.63) is 33.1 Å². The van der Waals surface area contributed by atoms with Crippen LogP contribution in [0.15, 0.2) is 26.8 Å². The Hall–Kier alpha value is -5.79. The molecule has 1 aromatic rings. The summed E-state index contributed by atoms with van der Waals surface area (Å²) in [6, 6.07) is -7.96. The lowest BCUT2D eigenvalue weighted by molar-refractivity contribution is -0.233. The van der Waals surface area contributed by atoms with Crippen LogP contribution in [0.5, 0.6) is 0 Å². The molecule has 15 atom stereocenters. The van der Waals surface area contributed by atoms with Crippen molar-refractivity contribution >= 4 is 41.7 Å². The summed E-state index contributed by atoms with van der Waals surface area (Å²) in [6.07, 6.45) is -4.72. The van der Waals surface area contributed by atoms with Crippen LogP contribution < -0.4 is 49.3 Å². The number of carboxylic acids is 1. The highest BCUT2D eigenvalue weighted by Gasteiger charge is 2.59. The largest absolute Gasteiger partial charge is 0.480 e. The Balaban J connectivity index is 1.41. The molecule has 0 saturated carbocycles. The van der Waals surface area contributed by atoms with Crippen LogP contribution in [0.4, 0.5) is 9.59 Å². The number of hydrogen-bond acceptors (Lipinski definition) is 20. The SMILES string of the molecule is CCCCCCCCCCCCN1C(=O)C([C@H](O[C@@H]2O[C@H](CN)[C@@H](O)[C@H]2OC)[C@H]2O[C@@H](n3ccc(=O)[nH]c3=O)[C@H](O)[C@@H]2O)N(CCCNC(=O)[C@@H](NC(=O)[C@@H](NC(=O)N[C@H](C(=O)O)C(C)C)[C@@H]2CCNC(N)=N2)[C@@H](O)C(C)C)C1=O. The zero-order valence-corrected chi connectivity index (χ0v) is 46.6. The average molecular weight is 1140 g/mol. The van der Waals surface area contributed by atoms with E-state index in [4.69, 9.17) is 30.4 Å². The summed E-state index contributed by atoms with van der Waals surface area (Å²) in [5, 5.41) is 68.2. The Kier molecular flexibility index (Phi) is 25.1. The Morgan fingerprint density at radius 3 is 2.10 bits per heavy atom. The number of aliphatic hydroxyl groups excluding tert-OH is 4. The molecule has 0 aliphatic carbocycles. The summed E-state index contributed by atoms with van der Waals surface area (Å²) in [5.74, 6) is -5.16. The number of aromatic amines is 1. The van der Waals surface area contributed by atoms with Gasteiger partial charge in [-0.2, -0.15) is 0 Å². The number of carbonyl (C=O) groups is 6. The van der Waals surface area contributed by atoms with Crippen molar-refractivity contribution < 1.29 is 73.2 Å². The molecule has 7 amide bonds. The molecule has 5 rings (SSSR count). The standard InChI is InChI=1S/C51H86N12O17/c1-7-8-9-10-11-12-13-14-15-16-22-62-44(71)34(39(80-47-41(77-6)36(66)29(25-52)78-47)40-37(67)38(68)45(79-40)63-24-19-30(64)57-50(63)75)61(51(62)76)23-17-20-54-42(69)33(35(65)27(4)5)58-43(70)32(28-18-21-55-48(53)56-28)60-49(74)59-31(26(2)3)46(72)73/h19,24,26-29,31-41,45,47,65-68H,7-18,20-23,25,52H2,1-6H3,(H,54,69)(H,58,70)(H,72,73)(H3,53,55,56)(H,57,64,75)(H2,59,60,74)/t28-,29+,31-,32-,33-,34?,35-,36+,37-,38+,39-,40-,41+,45+,47-/m0/s1. The maximum atomic E-state index is 14.9. The minimum atomic E-state index is -1.93. The number of nitrogens with zero attached hydrogens (tertiary/aromatic N) is 4. The molecule has 4 aliphatic rings. The van der Waals surface area contributed by atoms with E-state index in [0.29, 0.717) is 12.8 Å². The highest BCUT2D eigenvalue weighted by Crippen LogP contribution is 2.38. The minimum Gasteiger partial charge on any atom is -0.480 e. The number of unbranched alkanes of at least 4 members (excludes halogenated alkanes) is 9. The van der Waals surface area contributed by atoms with Gasteiger partial charge in [-0.25, -0.2) is 24.2 Å². The molecule has 0 radical (unpaired) electrons. The first-order valence-electron chi connectivity index (χ1n) is 27.9. The van der Waals surface area contributed by atoms with Crippen LogP contribution in [0, 0.1) is 11.8 Å². The highest BCUT2D eigenvalue weighted by molar-refractivity contribution is 6.04. The quantitative estimate of drug-likeness (QED) is 0.0265. The smallest absolute Gasteiger partial charge is 0.330 e. The number of imide groups is 1. The fourth-order valence-corrected chi connectivity index (χ4v) is 10.3. The predicted molar refractivity (Wildman–Crippen MR) is 286 cm³/mol. The van der Waals surface area contributed by atoms with Gasteiger partial charge in [-0.3, -0.25) is 33.6 Å². The van der Waals surface area contributed by atoms with Gasteiger partial charge in [0.15, 0.2) is 18.5 Å². The number of guanidine groups is 1. The number of nitrogens with two attached hydrogens (primary N) is 2. The van der Waals surface area contributed by atoms with E-state index in [2.05, 4.69) is 43.5 Å². The van der Waals surface area contributed by atoms with Crippen molar-refractivity contribution in [2.24, 2.45) is 28.3 Å².